The number of fused-ring (bicyclic) bond motifs is 4. The van der Waals surface area contributed by atoms with E-state index in [0.717, 1.165) is 56.4 Å². The molecule has 0 saturated heterocycles. The van der Waals surface area contributed by atoms with Gasteiger partial charge in [0.25, 0.3) is 0 Å². The molecular weight excluding hydrogens is 531 g/mol. The van der Waals surface area contributed by atoms with Crippen LogP contribution in [-0.4, -0.2) is 4.98 Å². The van der Waals surface area contributed by atoms with Gasteiger partial charge in [-0.3, -0.25) is 4.98 Å². The lowest BCUT2D eigenvalue weighted by Gasteiger charge is -2.23. The predicted octanol–water partition coefficient (Wildman–Crippen LogP) is 11.4. The Labute approximate surface area is 244 Å². The molecule has 0 aliphatic rings. The maximum Gasteiger partial charge on any atom is 0.418 e. The van der Waals surface area contributed by atoms with Crippen LogP contribution in [0.2, 0.25) is 0 Å². The summed E-state index contributed by atoms with van der Waals surface area (Å²) in [6.45, 7) is 13.0. The summed E-state index contributed by atoms with van der Waals surface area (Å²) in [6.07, 6.45) is -2.71. The van der Waals surface area contributed by atoms with E-state index in [0.29, 0.717) is 16.8 Å². The molecule has 0 spiro atoms. The molecule has 4 aromatic carbocycles. The van der Waals surface area contributed by atoms with Gasteiger partial charge in [-0.25, -0.2) is 0 Å². The van der Waals surface area contributed by atoms with Gasteiger partial charge in [-0.15, -0.1) is 0 Å². The normalized spacial score (nSPS) is 13.0. The van der Waals surface area contributed by atoms with Crippen molar-refractivity contribution in [2.45, 2.75) is 59.6 Å². The summed E-state index contributed by atoms with van der Waals surface area (Å²) >= 11 is 0. The minimum Gasteiger partial charge on any atom is -0.456 e. The molecule has 0 atom stereocenters. The molecule has 0 amide bonds. The van der Waals surface area contributed by atoms with Gasteiger partial charge in [-0.2, -0.15) is 13.2 Å². The molecule has 0 radical (unpaired) electrons. The summed E-state index contributed by atoms with van der Waals surface area (Å²) in [5.74, 6) is 0. The van der Waals surface area contributed by atoms with Gasteiger partial charge in [0.1, 0.15) is 11.2 Å². The van der Waals surface area contributed by atoms with Gasteiger partial charge in [-0.05, 0) is 86.7 Å². The van der Waals surface area contributed by atoms with Crippen LogP contribution in [0, 0.1) is 5.41 Å². The van der Waals surface area contributed by atoms with Crippen LogP contribution in [0.15, 0.2) is 89.5 Å². The maximum absolute atomic E-state index is 14.3. The molecule has 0 bridgehead atoms. The smallest absolute Gasteiger partial charge is 0.418 e. The van der Waals surface area contributed by atoms with E-state index in [2.05, 4.69) is 64.7 Å². The fourth-order valence-corrected chi connectivity index (χ4v) is 5.87. The van der Waals surface area contributed by atoms with Crippen LogP contribution in [0.5, 0.6) is 0 Å². The summed E-state index contributed by atoms with van der Waals surface area (Å²) in [6, 6.07) is 25.2. The molecule has 6 aromatic rings. The summed E-state index contributed by atoms with van der Waals surface area (Å²) < 4.78 is 49.1. The highest BCUT2D eigenvalue weighted by atomic mass is 19.4. The highest BCUT2D eigenvalue weighted by Crippen LogP contribution is 2.42. The minimum absolute atomic E-state index is 0.0775. The first-order valence-corrected chi connectivity index (χ1v) is 14.2. The van der Waals surface area contributed by atoms with Crippen LogP contribution >= 0.6 is 0 Å². The molecule has 2 nitrogen and oxygen atoms in total. The minimum atomic E-state index is -4.56. The molecule has 0 fully saturated rings. The number of alkyl halides is 3. The summed E-state index contributed by atoms with van der Waals surface area (Å²) in [5.41, 5.74) is 4.55. The lowest BCUT2D eigenvalue weighted by atomic mass is 9.82. The molecule has 2 heterocycles. The van der Waals surface area contributed by atoms with E-state index in [1.807, 2.05) is 42.5 Å². The van der Waals surface area contributed by atoms with Crippen molar-refractivity contribution in [1.29, 1.82) is 0 Å². The highest BCUT2D eigenvalue weighted by Gasteiger charge is 2.35. The zero-order valence-electron chi connectivity index (χ0n) is 24.8. The third kappa shape index (κ3) is 5.29. The molecule has 0 unspecified atom stereocenters. The van der Waals surface area contributed by atoms with E-state index in [9.17, 15) is 13.2 Å². The second-order valence-electron chi connectivity index (χ2n) is 13.5. The van der Waals surface area contributed by atoms with Crippen LogP contribution in [0.1, 0.15) is 58.2 Å². The largest absolute Gasteiger partial charge is 0.456 e. The van der Waals surface area contributed by atoms with Crippen LogP contribution in [-0.2, 0) is 18.0 Å². The molecule has 0 N–H and O–H groups in total. The second kappa shape index (κ2) is 9.72. The number of hydrogen-bond acceptors (Lipinski definition) is 2. The van der Waals surface area contributed by atoms with Crippen molar-refractivity contribution in [1.82, 2.24) is 4.98 Å². The van der Waals surface area contributed by atoms with E-state index < -0.39 is 11.7 Å². The lowest BCUT2D eigenvalue weighted by molar-refractivity contribution is -0.137. The van der Waals surface area contributed by atoms with Crippen molar-refractivity contribution in [3.63, 3.8) is 0 Å². The average molecular weight is 566 g/mol. The predicted molar refractivity (Wildman–Crippen MR) is 167 cm³/mol. The highest BCUT2D eigenvalue weighted by molar-refractivity contribution is 6.06. The Morgan fingerprint density at radius 2 is 1.36 bits per heavy atom. The van der Waals surface area contributed by atoms with Crippen LogP contribution in [0.25, 0.3) is 55.1 Å². The van der Waals surface area contributed by atoms with E-state index in [-0.39, 0.29) is 16.4 Å². The van der Waals surface area contributed by atoms with Crippen molar-refractivity contribution in [2.75, 3.05) is 0 Å². The van der Waals surface area contributed by atoms with Crippen LogP contribution in [0.3, 0.4) is 0 Å². The van der Waals surface area contributed by atoms with E-state index in [4.69, 9.17) is 4.42 Å². The first-order valence-electron chi connectivity index (χ1n) is 14.2. The van der Waals surface area contributed by atoms with E-state index in [1.54, 1.807) is 18.2 Å². The maximum atomic E-state index is 14.3. The zero-order chi connectivity index (χ0) is 30.0. The molecule has 6 rings (SSSR count). The Hall–Kier alpha value is -4.12. The molecule has 5 heteroatoms. The van der Waals surface area contributed by atoms with E-state index >= 15 is 0 Å². The summed E-state index contributed by atoms with van der Waals surface area (Å²) in [5, 5.41) is 3.98. The Balaban J connectivity index is 1.51. The molecule has 214 valence electrons. The average Bonchev–Trinajstić information content (AvgIpc) is 3.27. The third-order valence-corrected chi connectivity index (χ3v) is 7.76. The van der Waals surface area contributed by atoms with Gasteiger partial charge < -0.3 is 4.42 Å². The topological polar surface area (TPSA) is 26.0 Å². The quantitative estimate of drug-likeness (QED) is 0.213. The molecule has 0 aliphatic carbocycles. The number of pyridine rings is 1. The fraction of sp³-hybridized carbons (Fsp3) is 0.270. The van der Waals surface area contributed by atoms with Crippen molar-refractivity contribution >= 4 is 32.7 Å². The van der Waals surface area contributed by atoms with Crippen molar-refractivity contribution in [2.24, 2.45) is 5.41 Å². The Morgan fingerprint density at radius 3 is 2.05 bits per heavy atom. The van der Waals surface area contributed by atoms with Crippen LogP contribution < -0.4 is 0 Å². The molecule has 0 saturated carbocycles. The molecule has 0 aliphatic heterocycles. The lowest BCUT2D eigenvalue weighted by Crippen LogP contribution is -2.12. The molecule has 42 heavy (non-hydrogen) atoms. The standard InChI is InChI=1S/C37H34F3NO/c1-35(2,3)20-22-11-13-27-28-14-12-24(18-34(28)42-33(27)15-22)29-19-32(41-21-31(29)37(38,39)40)25-16-23-9-7-8-10-26(23)30(17-25)36(4,5)6/h7-19,21H,20H2,1-6H3. The van der Waals surface area contributed by atoms with Crippen molar-refractivity contribution in [3.8, 4) is 22.4 Å². The monoisotopic (exact) mass is 565 g/mol. The number of furan rings is 1. The van der Waals surface area contributed by atoms with Crippen molar-refractivity contribution in [3.05, 3.63) is 102 Å². The number of hydrogen-bond donors (Lipinski definition) is 0. The van der Waals surface area contributed by atoms with Gasteiger partial charge in [-0.1, -0.05) is 84.0 Å². The first-order chi connectivity index (χ1) is 19.7. The Bertz CT molecular complexity index is 1970. The van der Waals surface area contributed by atoms with Gasteiger partial charge in [0, 0.05) is 22.5 Å². The third-order valence-electron chi connectivity index (χ3n) is 7.76. The van der Waals surface area contributed by atoms with E-state index in [1.165, 1.54) is 0 Å². The number of halogens is 3. The number of aromatic nitrogens is 1. The van der Waals surface area contributed by atoms with Crippen molar-refractivity contribution < 1.29 is 17.6 Å². The second-order valence-corrected chi connectivity index (χ2v) is 13.5. The number of benzene rings is 4. The number of nitrogens with zero attached hydrogens (tertiary/aromatic N) is 1. The Morgan fingerprint density at radius 1 is 0.667 bits per heavy atom. The molecule has 2 aromatic heterocycles. The fourth-order valence-electron chi connectivity index (χ4n) is 5.87. The van der Waals surface area contributed by atoms with Gasteiger partial charge >= 0.3 is 6.18 Å². The SMILES string of the molecule is CC(C)(C)Cc1ccc2c(c1)oc1cc(-c3cc(-c4cc(C(C)(C)C)c5ccccc5c4)ncc3C(F)(F)F)ccc12. The van der Waals surface area contributed by atoms with Gasteiger partial charge in [0.05, 0.1) is 11.3 Å². The van der Waals surface area contributed by atoms with Gasteiger partial charge in [0.2, 0.25) is 0 Å². The zero-order valence-corrected chi connectivity index (χ0v) is 24.8. The Kier molecular flexibility index (Phi) is 6.49. The number of rotatable bonds is 3. The van der Waals surface area contributed by atoms with Gasteiger partial charge in [0.15, 0.2) is 0 Å². The summed E-state index contributed by atoms with van der Waals surface area (Å²) in [4.78, 5) is 4.32. The van der Waals surface area contributed by atoms with Crippen LogP contribution in [0.4, 0.5) is 13.2 Å². The summed E-state index contributed by atoms with van der Waals surface area (Å²) in [7, 11) is 0. The molecular formula is C37H34F3NO. The first kappa shape index (κ1) is 28.0.